The number of aromatic nitrogens is 2. The molecule has 0 spiro atoms. The van der Waals surface area contributed by atoms with Crippen LogP contribution in [0.15, 0.2) is 64.2 Å². The molecule has 2 aromatic carbocycles. The second-order valence-electron chi connectivity index (χ2n) is 7.23. The predicted molar refractivity (Wildman–Crippen MR) is 124 cm³/mol. The molecule has 2 amide bonds. The van der Waals surface area contributed by atoms with Crippen LogP contribution in [0.5, 0.6) is 0 Å². The molecule has 0 aliphatic rings. The van der Waals surface area contributed by atoms with Crippen LogP contribution in [0.3, 0.4) is 0 Å². The molecule has 0 aliphatic carbocycles. The number of hydrogen-bond donors (Lipinski definition) is 4. The lowest BCUT2D eigenvalue weighted by Crippen LogP contribution is -2.39. The van der Waals surface area contributed by atoms with Crippen molar-refractivity contribution < 1.29 is 9.59 Å². The summed E-state index contributed by atoms with van der Waals surface area (Å²) in [4.78, 5) is 51.9. The molecule has 32 heavy (non-hydrogen) atoms. The minimum Gasteiger partial charge on any atom is -0.383 e. The average molecular weight is 436 g/mol. The minimum absolute atomic E-state index is 0.0247. The van der Waals surface area contributed by atoms with Crippen molar-refractivity contribution in [3.63, 3.8) is 0 Å². The summed E-state index contributed by atoms with van der Waals surface area (Å²) in [7, 11) is 1.54. The van der Waals surface area contributed by atoms with E-state index < -0.39 is 11.2 Å². The maximum Gasteiger partial charge on any atom is 0.330 e. The number of carbonyl (C=O) groups excluding carboxylic acids is 2. The number of nitrogens with two attached hydrogens (primary N) is 1. The fraction of sp³-hybridized carbons (Fsp3) is 0.182. The van der Waals surface area contributed by atoms with Crippen molar-refractivity contribution >= 4 is 34.7 Å². The lowest BCUT2D eigenvalue weighted by Gasteiger charge is -2.21. The van der Waals surface area contributed by atoms with Gasteiger partial charge in [0.2, 0.25) is 11.8 Å². The Kier molecular flexibility index (Phi) is 6.74. The van der Waals surface area contributed by atoms with Gasteiger partial charge in [0.1, 0.15) is 11.5 Å². The highest BCUT2D eigenvalue weighted by atomic mass is 16.2. The first-order chi connectivity index (χ1) is 15.2. The maximum absolute atomic E-state index is 12.5. The van der Waals surface area contributed by atoms with Gasteiger partial charge in [0, 0.05) is 25.3 Å². The molecule has 10 nitrogen and oxygen atoms in total. The number of rotatable bonds is 7. The molecular weight excluding hydrogens is 412 g/mol. The van der Waals surface area contributed by atoms with E-state index in [1.165, 1.54) is 23.4 Å². The number of nitrogen functional groups attached to an aromatic ring is 1. The van der Waals surface area contributed by atoms with Crippen molar-refractivity contribution in [2.75, 3.05) is 34.9 Å². The maximum atomic E-state index is 12.5. The van der Waals surface area contributed by atoms with Gasteiger partial charge in [0.05, 0.1) is 13.1 Å². The van der Waals surface area contributed by atoms with Crippen LogP contribution < -0.4 is 32.5 Å². The number of anilines is 4. The highest BCUT2D eigenvalue weighted by Crippen LogP contribution is 2.17. The Hall–Kier alpha value is -4.34. The first-order valence-electron chi connectivity index (χ1n) is 9.79. The predicted octanol–water partition coefficient (Wildman–Crippen LogP) is 1.20. The highest BCUT2D eigenvalue weighted by Gasteiger charge is 2.18. The molecular formula is C22H24N6O4. The minimum atomic E-state index is -0.674. The monoisotopic (exact) mass is 436 g/mol. The number of hydrogen-bond acceptors (Lipinski definition) is 6. The van der Waals surface area contributed by atoms with E-state index in [1.54, 1.807) is 24.3 Å². The Morgan fingerprint density at radius 2 is 1.59 bits per heavy atom. The van der Waals surface area contributed by atoms with E-state index in [4.69, 9.17) is 5.73 Å². The standard InChI is InChI=1S/C22H24N6O4/c1-14(29)24-16-8-10-17(11-9-16)25-18(30)13-27(2)19-20(23)28(22(32)26-21(19)31)12-15-6-4-3-5-7-15/h3-11H,12-13,23H2,1-2H3,(H,24,29)(H,25,30)(H,26,31,32). The molecule has 1 heterocycles. The van der Waals surface area contributed by atoms with Crippen molar-refractivity contribution in [1.82, 2.24) is 9.55 Å². The van der Waals surface area contributed by atoms with Crippen LogP contribution in [-0.4, -0.2) is 35.0 Å². The zero-order valence-electron chi connectivity index (χ0n) is 17.7. The van der Waals surface area contributed by atoms with Gasteiger partial charge in [-0.2, -0.15) is 0 Å². The summed E-state index contributed by atoms with van der Waals surface area (Å²) >= 11 is 0. The summed E-state index contributed by atoms with van der Waals surface area (Å²) in [6.07, 6.45) is 0. The summed E-state index contributed by atoms with van der Waals surface area (Å²) in [5.41, 5.74) is 6.84. The van der Waals surface area contributed by atoms with Gasteiger partial charge in [-0.1, -0.05) is 30.3 Å². The third-order valence-electron chi connectivity index (χ3n) is 4.65. The highest BCUT2D eigenvalue weighted by molar-refractivity contribution is 5.95. The lowest BCUT2D eigenvalue weighted by atomic mass is 10.2. The van der Waals surface area contributed by atoms with E-state index >= 15 is 0 Å². The van der Waals surface area contributed by atoms with Crippen molar-refractivity contribution in [3.05, 3.63) is 81.0 Å². The molecule has 0 atom stereocenters. The number of amides is 2. The number of benzene rings is 2. The van der Waals surface area contributed by atoms with E-state index in [0.717, 1.165) is 5.56 Å². The zero-order valence-corrected chi connectivity index (χ0v) is 17.7. The number of likely N-dealkylation sites (N-methyl/N-ethyl adjacent to an activating group) is 1. The number of H-pyrrole nitrogens is 1. The summed E-state index contributed by atoms with van der Waals surface area (Å²) in [5, 5.41) is 5.35. The van der Waals surface area contributed by atoms with Gasteiger partial charge in [-0.25, -0.2) is 4.79 Å². The van der Waals surface area contributed by atoms with E-state index in [2.05, 4.69) is 15.6 Å². The van der Waals surface area contributed by atoms with Crippen LogP contribution in [-0.2, 0) is 16.1 Å². The fourth-order valence-corrected chi connectivity index (χ4v) is 3.20. The van der Waals surface area contributed by atoms with E-state index in [9.17, 15) is 19.2 Å². The number of nitrogens with one attached hydrogen (secondary N) is 3. The Labute approximate surface area is 183 Å². The van der Waals surface area contributed by atoms with Crippen molar-refractivity contribution in [3.8, 4) is 0 Å². The van der Waals surface area contributed by atoms with E-state index in [-0.39, 0.29) is 36.4 Å². The SMILES string of the molecule is CC(=O)Nc1ccc(NC(=O)CN(C)c2c(N)n(Cc3ccccc3)c(=O)[nH]c2=O)cc1. The van der Waals surface area contributed by atoms with Crippen molar-refractivity contribution in [2.45, 2.75) is 13.5 Å². The molecule has 166 valence electrons. The molecule has 3 aromatic rings. The molecule has 0 fully saturated rings. The number of aromatic amines is 1. The molecule has 0 saturated heterocycles. The normalized spacial score (nSPS) is 10.4. The zero-order chi connectivity index (χ0) is 23.3. The first-order valence-corrected chi connectivity index (χ1v) is 9.79. The van der Waals surface area contributed by atoms with Crippen LogP contribution >= 0.6 is 0 Å². The quantitative estimate of drug-likeness (QED) is 0.438. The smallest absolute Gasteiger partial charge is 0.330 e. The Morgan fingerprint density at radius 1 is 1.00 bits per heavy atom. The van der Waals surface area contributed by atoms with Gasteiger partial charge in [-0.05, 0) is 29.8 Å². The largest absolute Gasteiger partial charge is 0.383 e. The fourth-order valence-electron chi connectivity index (χ4n) is 3.20. The molecule has 5 N–H and O–H groups in total. The molecule has 0 radical (unpaired) electrons. The summed E-state index contributed by atoms with van der Waals surface area (Å²) in [5.74, 6) is -0.614. The third-order valence-corrected chi connectivity index (χ3v) is 4.65. The Balaban J connectivity index is 1.75. The van der Waals surface area contributed by atoms with Crippen LogP contribution in [0.1, 0.15) is 12.5 Å². The van der Waals surface area contributed by atoms with Gasteiger partial charge in [0.15, 0.2) is 0 Å². The van der Waals surface area contributed by atoms with Crippen LogP contribution in [0.2, 0.25) is 0 Å². The molecule has 1 aromatic heterocycles. The average Bonchev–Trinajstić information content (AvgIpc) is 2.72. The first kappa shape index (κ1) is 22.3. The van der Waals surface area contributed by atoms with Crippen molar-refractivity contribution in [1.29, 1.82) is 0 Å². The van der Waals surface area contributed by atoms with E-state index in [0.29, 0.717) is 11.4 Å². The van der Waals surface area contributed by atoms with E-state index in [1.807, 2.05) is 30.3 Å². The lowest BCUT2D eigenvalue weighted by molar-refractivity contribution is -0.115. The number of nitrogens with zero attached hydrogens (tertiary/aromatic N) is 2. The van der Waals surface area contributed by atoms with Crippen molar-refractivity contribution in [2.24, 2.45) is 0 Å². The summed E-state index contributed by atoms with van der Waals surface area (Å²) in [6.45, 7) is 1.40. The third kappa shape index (κ3) is 5.42. The molecule has 0 saturated carbocycles. The van der Waals surface area contributed by atoms with Gasteiger partial charge in [-0.15, -0.1) is 0 Å². The number of carbonyl (C=O) groups is 2. The topological polar surface area (TPSA) is 142 Å². The Bertz CT molecular complexity index is 1230. The van der Waals surface area contributed by atoms with Crippen LogP contribution in [0.25, 0.3) is 0 Å². The molecule has 0 unspecified atom stereocenters. The van der Waals surface area contributed by atoms with Crippen LogP contribution in [0.4, 0.5) is 22.9 Å². The molecule has 0 aliphatic heterocycles. The van der Waals surface area contributed by atoms with Gasteiger partial charge in [-0.3, -0.25) is 23.9 Å². The van der Waals surface area contributed by atoms with Crippen LogP contribution in [0, 0.1) is 0 Å². The van der Waals surface area contributed by atoms with Gasteiger partial charge >= 0.3 is 5.69 Å². The summed E-state index contributed by atoms with van der Waals surface area (Å²) in [6, 6.07) is 15.8. The van der Waals surface area contributed by atoms with Gasteiger partial charge in [0.25, 0.3) is 5.56 Å². The molecule has 10 heteroatoms. The molecule has 3 rings (SSSR count). The summed E-state index contributed by atoms with van der Waals surface area (Å²) < 4.78 is 1.25. The second kappa shape index (κ2) is 9.65. The molecule has 0 bridgehead atoms. The Morgan fingerprint density at radius 3 is 2.19 bits per heavy atom. The second-order valence-corrected chi connectivity index (χ2v) is 7.23. The van der Waals surface area contributed by atoms with Gasteiger partial charge < -0.3 is 21.3 Å².